The third-order valence-corrected chi connectivity index (χ3v) is 5.38. The Morgan fingerprint density at radius 2 is 2.11 bits per heavy atom. The van der Waals surface area contributed by atoms with Crippen LogP contribution in [0.1, 0.15) is 18.9 Å². The molecule has 1 N–H and O–H groups in total. The number of H-pyrrole nitrogens is 1. The lowest BCUT2D eigenvalue weighted by Crippen LogP contribution is -2.25. The zero-order valence-corrected chi connectivity index (χ0v) is 11.3. The molecule has 0 spiro atoms. The van der Waals surface area contributed by atoms with Gasteiger partial charge in [-0.1, -0.05) is 0 Å². The summed E-state index contributed by atoms with van der Waals surface area (Å²) in [7, 11) is -2.85. The minimum absolute atomic E-state index is 0.129. The molecule has 2 aromatic rings. The predicted octanol–water partition coefficient (Wildman–Crippen LogP) is 1.84. The molecule has 1 saturated heterocycles. The monoisotopic (exact) mass is 283 g/mol. The van der Waals surface area contributed by atoms with Crippen molar-refractivity contribution in [1.29, 1.82) is 0 Å². The lowest BCUT2D eigenvalue weighted by molar-refractivity contribution is 0.453. The Hall–Kier alpha value is -1.21. The molecule has 0 aliphatic carbocycles. The fraction of sp³-hybridized carbons (Fsp3) is 0.455. The van der Waals surface area contributed by atoms with E-state index in [1.165, 1.54) is 0 Å². The lowest BCUT2D eigenvalue weighted by atomic mass is 10.1. The van der Waals surface area contributed by atoms with Gasteiger partial charge < -0.3 is 4.98 Å². The zero-order valence-electron chi connectivity index (χ0n) is 9.67. The molecule has 1 aliphatic heterocycles. The second-order valence-electron chi connectivity index (χ2n) is 4.56. The zero-order chi connectivity index (χ0) is 12.8. The van der Waals surface area contributed by atoms with Gasteiger partial charge in [-0.25, -0.2) is 13.4 Å². The standard InChI is InChI=1S/C11H13N3O2S2/c15-18(16)6-3-8(4-7-18)14-10-9(13-11(14)17)2-1-5-12-10/h1-2,5,8H,3-4,6-7H2,(H,13,17). The SMILES string of the molecule is O=S1(=O)CCC(n2c(=S)[nH]c3cccnc32)CC1. The first-order chi connectivity index (χ1) is 8.57. The summed E-state index contributed by atoms with van der Waals surface area (Å²) < 4.78 is 25.5. The van der Waals surface area contributed by atoms with Crippen LogP contribution in [0.2, 0.25) is 0 Å². The highest BCUT2D eigenvalue weighted by Gasteiger charge is 2.26. The van der Waals surface area contributed by atoms with Crippen LogP contribution in [0.15, 0.2) is 18.3 Å². The Kier molecular flexibility index (Phi) is 2.74. The van der Waals surface area contributed by atoms with Crippen LogP contribution < -0.4 is 0 Å². The van der Waals surface area contributed by atoms with Gasteiger partial charge in [0.15, 0.2) is 10.4 Å². The number of hydrogen-bond acceptors (Lipinski definition) is 4. The normalized spacial score (nSPS) is 20.2. The highest BCUT2D eigenvalue weighted by molar-refractivity contribution is 7.91. The highest BCUT2D eigenvalue weighted by atomic mass is 32.2. The van der Waals surface area contributed by atoms with E-state index in [2.05, 4.69) is 9.97 Å². The molecule has 0 amide bonds. The van der Waals surface area contributed by atoms with Gasteiger partial charge in [0.2, 0.25) is 0 Å². The maximum Gasteiger partial charge on any atom is 0.179 e. The molecule has 0 saturated carbocycles. The average Bonchev–Trinajstić information content (AvgIpc) is 2.66. The van der Waals surface area contributed by atoms with E-state index >= 15 is 0 Å². The Bertz CT molecular complexity index is 731. The molecule has 0 radical (unpaired) electrons. The van der Waals surface area contributed by atoms with Crippen LogP contribution in [0.4, 0.5) is 0 Å². The topological polar surface area (TPSA) is 67.8 Å². The maximum absolute atomic E-state index is 11.5. The quantitative estimate of drug-likeness (QED) is 0.811. The van der Waals surface area contributed by atoms with Crippen molar-refractivity contribution in [2.45, 2.75) is 18.9 Å². The first-order valence-electron chi connectivity index (χ1n) is 5.82. The first kappa shape index (κ1) is 11.9. The van der Waals surface area contributed by atoms with Gasteiger partial charge in [0.25, 0.3) is 0 Å². The van der Waals surface area contributed by atoms with Gasteiger partial charge in [-0.2, -0.15) is 0 Å². The molecule has 0 aromatic carbocycles. The van der Waals surface area contributed by atoms with E-state index in [9.17, 15) is 8.42 Å². The van der Waals surface area contributed by atoms with E-state index in [4.69, 9.17) is 12.2 Å². The molecular weight excluding hydrogens is 270 g/mol. The molecule has 3 rings (SSSR count). The number of hydrogen-bond donors (Lipinski definition) is 1. The number of imidazole rings is 1. The number of pyridine rings is 1. The largest absolute Gasteiger partial charge is 0.329 e. The molecule has 0 atom stereocenters. The number of rotatable bonds is 1. The first-order valence-corrected chi connectivity index (χ1v) is 8.05. The van der Waals surface area contributed by atoms with Crippen molar-refractivity contribution in [1.82, 2.24) is 14.5 Å². The van der Waals surface area contributed by atoms with E-state index in [0.717, 1.165) is 11.2 Å². The second kappa shape index (κ2) is 4.17. The number of nitrogens with zero attached hydrogens (tertiary/aromatic N) is 2. The molecule has 1 aliphatic rings. The fourth-order valence-electron chi connectivity index (χ4n) is 2.43. The van der Waals surface area contributed by atoms with Crippen LogP contribution in [0.25, 0.3) is 11.2 Å². The van der Waals surface area contributed by atoms with Crippen LogP contribution in [-0.4, -0.2) is 34.5 Å². The van der Waals surface area contributed by atoms with Crippen LogP contribution in [0, 0.1) is 4.77 Å². The van der Waals surface area contributed by atoms with Gasteiger partial charge >= 0.3 is 0 Å². The van der Waals surface area contributed by atoms with Gasteiger partial charge in [-0.05, 0) is 37.2 Å². The summed E-state index contributed by atoms with van der Waals surface area (Å²) >= 11 is 5.31. The Morgan fingerprint density at radius 1 is 1.39 bits per heavy atom. The minimum Gasteiger partial charge on any atom is -0.329 e. The third kappa shape index (κ3) is 1.97. The molecule has 1 fully saturated rings. The Morgan fingerprint density at radius 3 is 2.83 bits per heavy atom. The summed E-state index contributed by atoms with van der Waals surface area (Å²) in [6.07, 6.45) is 2.95. The molecule has 0 unspecified atom stereocenters. The lowest BCUT2D eigenvalue weighted by Gasteiger charge is -2.23. The van der Waals surface area contributed by atoms with Gasteiger partial charge in [-0.3, -0.25) is 4.57 Å². The van der Waals surface area contributed by atoms with Crippen molar-refractivity contribution in [3.63, 3.8) is 0 Å². The van der Waals surface area contributed by atoms with Gasteiger partial charge in [-0.15, -0.1) is 0 Å². The third-order valence-electron chi connectivity index (χ3n) is 3.36. The number of sulfone groups is 1. The fourth-order valence-corrected chi connectivity index (χ4v) is 4.24. The van der Waals surface area contributed by atoms with Crippen LogP contribution in [0.5, 0.6) is 0 Å². The molecule has 3 heterocycles. The number of aromatic nitrogens is 3. The molecule has 18 heavy (non-hydrogen) atoms. The summed E-state index contributed by atoms with van der Waals surface area (Å²) in [5.74, 6) is 0.470. The number of nitrogens with one attached hydrogen (secondary N) is 1. The molecular formula is C11H13N3O2S2. The van der Waals surface area contributed by atoms with Gasteiger partial charge in [0.1, 0.15) is 9.84 Å². The van der Waals surface area contributed by atoms with Crippen molar-refractivity contribution in [2.24, 2.45) is 0 Å². The Balaban J connectivity index is 2.05. The van der Waals surface area contributed by atoms with Crippen molar-refractivity contribution in [3.8, 4) is 0 Å². The second-order valence-corrected chi connectivity index (χ2v) is 7.25. The van der Waals surface area contributed by atoms with Gasteiger partial charge in [0, 0.05) is 12.2 Å². The molecule has 2 aromatic heterocycles. The van der Waals surface area contributed by atoms with Crippen molar-refractivity contribution < 1.29 is 8.42 Å². The van der Waals surface area contributed by atoms with E-state index in [1.54, 1.807) is 6.20 Å². The van der Waals surface area contributed by atoms with Crippen molar-refractivity contribution in [3.05, 3.63) is 23.1 Å². The van der Waals surface area contributed by atoms with Crippen molar-refractivity contribution in [2.75, 3.05) is 11.5 Å². The van der Waals surface area contributed by atoms with Crippen molar-refractivity contribution >= 4 is 33.2 Å². The summed E-state index contributed by atoms with van der Waals surface area (Å²) in [6, 6.07) is 3.90. The molecule has 0 bridgehead atoms. The number of aromatic amines is 1. The van der Waals surface area contributed by atoms with E-state index in [-0.39, 0.29) is 17.5 Å². The summed E-state index contributed by atoms with van der Waals surface area (Å²) in [6.45, 7) is 0. The van der Waals surface area contributed by atoms with Crippen LogP contribution >= 0.6 is 12.2 Å². The summed E-state index contributed by atoms with van der Waals surface area (Å²) in [4.78, 5) is 7.44. The van der Waals surface area contributed by atoms with Crippen LogP contribution in [0.3, 0.4) is 0 Å². The van der Waals surface area contributed by atoms with E-state index < -0.39 is 9.84 Å². The Labute approximate surface area is 110 Å². The number of fused-ring (bicyclic) bond motifs is 1. The van der Waals surface area contributed by atoms with Crippen LogP contribution in [-0.2, 0) is 9.84 Å². The smallest absolute Gasteiger partial charge is 0.179 e. The maximum atomic E-state index is 11.5. The van der Waals surface area contributed by atoms with E-state index in [1.807, 2.05) is 16.7 Å². The average molecular weight is 283 g/mol. The minimum atomic E-state index is -2.85. The summed E-state index contributed by atoms with van der Waals surface area (Å²) in [5, 5.41) is 0. The van der Waals surface area contributed by atoms with E-state index in [0.29, 0.717) is 17.6 Å². The molecule has 96 valence electrons. The van der Waals surface area contributed by atoms with Gasteiger partial charge in [0.05, 0.1) is 17.0 Å². The molecule has 5 nitrogen and oxygen atoms in total. The summed E-state index contributed by atoms with van der Waals surface area (Å²) in [5.41, 5.74) is 1.71. The highest BCUT2D eigenvalue weighted by Crippen LogP contribution is 2.27. The molecule has 7 heteroatoms. The predicted molar refractivity (Wildman–Crippen MR) is 71.8 cm³/mol.